The Hall–Kier alpha value is -1.88. The second-order valence-electron chi connectivity index (χ2n) is 3.96. The Balaban J connectivity index is 2.55. The fraction of sp³-hybridized carbons (Fsp3) is 0.636. The maximum absolute atomic E-state index is 11.7. The molecule has 1 aliphatic rings. The molecule has 5 nitrogen and oxygen atoms in total. The Labute approximate surface area is 94.3 Å². The molecular weight excluding hydrogens is 206 g/mol. The average molecular weight is 219 g/mol. The highest BCUT2D eigenvalue weighted by atomic mass is 16.2. The molecule has 5 heteroatoms. The van der Waals surface area contributed by atoms with Crippen LogP contribution >= 0.6 is 0 Å². The van der Waals surface area contributed by atoms with Crippen molar-refractivity contribution in [3.63, 3.8) is 0 Å². The number of hydrogen-bond acceptors (Lipinski definition) is 4. The standard InChI is InChI=1S/C11H13N3O2/c1-8(9(6-12)7-13)5-11(16)14-4-2-3-10(14)15/h8-9H,2-5H2,1H3/t8-/m1/s1. The number of nitrogens with zero attached hydrogens (tertiary/aromatic N) is 3. The summed E-state index contributed by atoms with van der Waals surface area (Å²) in [7, 11) is 0. The van der Waals surface area contributed by atoms with E-state index in [9.17, 15) is 9.59 Å². The molecule has 84 valence electrons. The third-order valence-corrected chi connectivity index (χ3v) is 2.72. The van der Waals surface area contributed by atoms with E-state index >= 15 is 0 Å². The molecular formula is C11H13N3O2. The predicted octanol–water partition coefficient (Wildman–Crippen LogP) is 0.825. The molecule has 1 rings (SSSR count). The highest BCUT2D eigenvalue weighted by Crippen LogP contribution is 2.18. The lowest BCUT2D eigenvalue weighted by Crippen LogP contribution is -2.33. The summed E-state index contributed by atoms with van der Waals surface area (Å²) in [5.41, 5.74) is 0. The first-order valence-corrected chi connectivity index (χ1v) is 5.22. The Morgan fingerprint density at radius 1 is 1.50 bits per heavy atom. The molecule has 0 bridgehead atoms. The molecule has 1 saturated heterocycles. The van der Waals surface area contributed by atoms with Crippen LogP contribution in [0.25, 0.3) is 0 Å². The molecule has 0 radical (unpaired) electrons. The Bertz CT molecular complexity index is 364. The van der Waals surface area contributed by atoms with E-state index in [1.54, 1.807) is 6.92 Å². The lowest BCUT2D eigenvalue weighted by molar-refractivity contribution is -0.142. The lowest BCUT2D eigenvalue weighted by atomic mass is 9.93. The molecule has 0 spiro atoms. The quantitative estimate of drug-likeness (QED) is 0.703. The predicted molar refractivity (Wildman–Crippen MR) is 54.5 cm³/mol. The largest absolute Gasteiger partial charge is 0.283 e. The number of amides is 2. The molecule has 0 aliphatic carbocycles. The van der Waals surface area contributed by atoms with Crippen molar-refractivity contribution in [2.24, 2.45) is 11.8 Å². The van der Waals surface area contributed by atoms with Crippen LogP contribution in [0.15, 0.2) is 0 Å². The van der Waals surface area contributed by atoms with Gasteiger partial charge < -0.3 is 0 Å². The first-order valence-electron chi connectivity index (χ1n) is 5.22. The van der Waals surface area contributed by atoms with Crippen molar-refractivity contribution in [1.82, 2.24) is 4.90 Å². The van der Waals surface area contributed by atoms with Gasteiger partial charge in [-0.05, 0) is 12.3 Å². The second kappa shape index (κ2) is 5.27. The third-order valence-electron chi connectivity index (χ3n) is 2.72. The Morgan fingerprint density at radius 3 is 2.56 bits per heavy atom. The van der Waals surface area contributed by atoms with Gasteiger partial charge in [-0.25, -0.2) is 0 Å². The van der Waals surface area contributed by atoms with Gasteiger partial charge in [-0.15, -0.1) is 0 Å². The first-order chi connectivity index (χ1) is 7.60. The van der Waals surface area contributed by atoms with Crippen LogP contribution in [-0.4, -0.2) is 23.3 Å². The van der Waals surface area contributed by atoms with Crippen molar-refractivity contribution in [2.45, 2.75) is 26.2 Å². The Kier molecular flexibility index (Phi) is 4.02. The minimum atomic E-state index is -0.790. The summed E-state index contributed by atoms with van der Waals surface area (Å²) < 4.78 is 0. The summed E-state index contributed by atoms with van der Waals surface area (Å²) in [5, 5.41) is 17.3. The molecule has 1 aliphatic heterocycles. The summed E-state index contributed by atoms with van der Waals surface area (Å²) >= 11 is 0. The zero-order valence-corrected chi connectivity index (χ0v) is 9.14. The summed E-state index contributed by atoms with van der Waals surface area (Å²) in [5.74, 6) is -1.55. The molecule has 1 fully saturated rings. The molecule has 1 atom stereocenters. The topological polar surface area (TPSA) is 85.0 Å². The summed E-state index contributed by atoms with van der Waals surface area (Å²) in [6.07, 6.45) is 1.20. The SMILES string of the molecule is C[C@H](CC(=O)N1CCCC1=O)C(C#N)C#N. The minimum Gasteiger partial charge on any atom is -0.283 e. The maximum atomic E-state index is 11.7. The van der Waals surface area contributed by atoms with Crippen LogP contribution in [0.5, 0.6) is 0 Å². The summed E-state index contributed by atoms with van der Waals surface area (Å²) in [6.45, 7) is 2.14. The van der Waals surface area contributed by atoms with Crippen LogP contribution in [0, 0.1) is 34.5 Å². The van der Waals surface area contributed by atoms with E-state index in [0.29, 0.717) is 19.4 Å². The molecule has 1 heterocycles. The number of hydrogen-bond donors (Lipinski definition) is 0. The summed E-state index contributed by atoms with van der Waals surface area (Å²) in [4.78, 5) is 24.2. The van der Waals surface area contributed by atoms with Crippen molar-refractivity contribution in [2.75, 3.05) is 6.54 Å². The van der Waals surface area contributed by atoms with Crippen LogP contribution in [0.2, 0.25) is 0 Å². The van der Waals surface area contributed by atoms with E-state index in [1.807, 2.05) is 12.1 Å². The molecule has 0 saturated carbocycles. The van der Waals surface area contributed by atoms with Crippen LogP contribution in [0.4, 0.5) is 0 Å². The fourth-order valence-corrected chi connectivity index (χ4v) is 1.70. The van der Waals surface area contributed by atoms with E-state index < -0.39 is 5.92 Å². The molecule has 0 unspecified atom stereocenters. The Morgan fingerprint density at radius 2 is 2.12 bits per heavy atom. The van der Waals surface area contributed by atoms with Crippen molar-refractivity contribution >= 4 is 11.8 Å². The van der Waals surface area contributed by atoms with E-state index in [2.05, 4.69) is 0 Å². The van der Waals surface area contributed by atoms with Crippen LogP contribution in [0.1, 0.15) is 26.2 Å². The van der Waals surface area contributed by atoms with E-state index in [4.69, 9.17) is 10.5 Å². The zero-order valence-electron chi connectivity index (χ0n) is 9.14. The van der Waals surface area contributed by atoms with E-state index in [1.165, 1.54) is 4.90 Å². The van der Waals surface area contributed by atoms with Gasteiger partial charge in [-0.3, -0.25) is 14.5 Å². The van der Waals surface area contributed by atoms with Gasteiger partial charge in [0.1, 0.15) is 5.92 Å². The highest BCUT2D eigenvalue weighted by molar-refractivity contribution is 5.96. The van der Waals surface area contributed by atoms with Crippen LogP contribution < -0.4 is 0 Å². The van der Waals surface area contributed by atoms with Crippen molar-refractivity contribution in [3.8, 4) is 12.1 Å². The number of imide groups is 1. The number of carbonyl (C=O) groups excluding carboxylic acids is 2. The van der Waals surface area contributed by atoms with Gasteiger partial charge in [-0.2, -0.15) is 10.5 Å². The van der Waals surface area contributed by atoms with Crippen LogP contribution in [0.3, 0.4) is 0 Å². The van der Waals surface area contributed by atoms with Crippen molar-refractivity contribution < 1.29 is 9.59 Å². The average Bonchev–Trinajstić information content (AvgIpc) is 2.66. The number of nitriles is 2. The monoisotopic (exact) mass is 219 g/mol. The fourth-order valence-electron chi connectivity index (χ4n) is 1.70. The second-order valence-corrected chi connectivity index (χ2v) is 3.96. The smallest absolute Gasteiger partial charge is 0.229 e. The van der Waals surface area contributed by atoms with Gasteiger partial charge in [0.2, 0.25) is 11.8 Å². The normalized spacial score (nSPS) is 17.0. The lowest BCUT2D eigenvalue weighted by Gasteiger charge is -2.17. The first kappa shape index (κ1) is 12.2. The number of carbonyl (C=O) groups is 2. The zero-order chi connectivity index (χ0) is 12.1. The van der Waals surface area contributed by atoms with E-state index in [0.717, 1.165) is 0 Å². The number of likely N-dealkylation sites (tertiary alicyclic amines) is 1. The van der Waals surface area contributed by atoms with Gasteiger partial charge in [-0.1, -0.05) is 6.92 Å². The van der Waals surface area contributed by atoms with Crippen molar-refractivity contribution in [3.05, 3.63) is 0 Å². The van der Waals surface area contributed by atoms with Crippen LogP contribution in [-0.2, 0) is 9.59 Å². The molecule has 0 N–H and O–H groups in total. The molecule has 2 amide bonds. The highest BCUT2D eigenvalue weighted by Gasteiger charge is 2.29. The molecule has 0 aromatic carbocycles. The molecule has 16 heavy (non-hydrogen) atoms. The molecule has 0 aromatic heterocycles. The van der Waals surface area contributed by atoms with E-state index in [-0.39, 0.29) is 24.2 Å². The third kappa shape index (κ3) is 2.58. The molecule has 0 aromatic rings. The number of rotatable bonds is 3. The summed E-state index contributed by atoms with van der Waals surface area (Å²) in [6, 6.07) is 3.68. The van der Waals surface area contributed by atoms with Gasteiger partial charge >= 0.3 is 0 Å². The minimum absolute atomic E-state index is 0.0809. The van der Waals surface area contributed by atoms with Gasteiger partial charge in [0.05, 0.1) is 12.1 Å². The van der Waals surface area contributed by atoms with Gasteiger partial charge in [0.15, 0.2) is 0 Å². The van der Waals surface area contributed by atoms with Gasteiger partial charge in [0.25, 0.3) is 0 Å². The van der Waals surface area contributed by atoms with Gasteiger partial charge in [0, 0.05) is 19.4 Å². The van der Waals surface area contributed by atoms with Crippen molar-refractivity contribution in [1.29, 1.82) is 10.5 Å². The maximum Gasteiger partial charge on any atom is 0.229 e.